The summed E-state index contributed by atoms with van der Waals surface area (Å²) in [5.74, 6) is -9.02. The molecular formula is C33H44O13. The normalized spacial score (nSPS) is 33.8. The Balaban J connectivity index is 3.15. The third-order valence-corrected chi connectivity index (χ3v) is 8.15. The SMILES string of the molecule is C=C1C(OC(C)=O)[C@H]2C(OC(C)=O)[C@](C)(O)CC2(OC(C)=O)C(=O)[C@H](C)/C=C/C(C)(C)C(=O)[C@H](OC(=O)/C(C)=C/C)C1OC(C)=O. The summed E-state index contributed by atoms with van der Waals surface area (Å²) in [6.45, 7) is 16.8. The predicted molar refractivity (Wildman–Crippen MR) is 160 cm³/mol. The van der Waals surface area contributed by atoms with E-state index >= 15 is 0 Å². The lowest BCUT2D eigenvalue weighted by atomic mass is 9.72. The van der Waals surface area contributed by atoms with Crippen LogP contribution in [0, 0.1) is 17.3 Å². The number of Topliss-reactive ketones (excluding diaryl/α,β-unsaturated/α-hetero) is 2. The van der Waals surface area contributed by atoms with Crippen molar-refractivity contribution in [2.45, 2.75) is 111 Å². The summed E-state index contributed by atoms with van der Waals surface area (Å²) in [4.78, 5) is 91.9. The van der Waals surface area contributed by atoms with Crippen LogP contribution in [-0.4, -0.2) is 82.1 Å². The van der Waals surface area contributed by atoms with Gasteiger partial charge < -0.3 is 28.8 Å². The van der Waals surface area contributed by atoms with E-state index in [0.29, 0.717) is 0 Å². The molecule has 1 fully saturated rings. The van der Waals surface area contributed by atoms with Crippen LogP contribution in [0.3, 0.4) is 0 Å². The van der Waals surface area contributed by atoms with Crippen LogP contribution >= 0.6 is 0 Å². The minimum absolute atomic E-state index is 0.117. The minimum atomic E-state index is -2.32. The van der Waals surface area contributed by atoms with Gasteiger partial charge in [0.25, 0.3) is 0 Å². The lowest BCUT2D eigenvalue weighted by Crippen LogP contribution is -2.58. The highest BCUT2D eigenvalue weighted by Crippen LogP contribution is 2.52. The van der Waals surface area contributed by atoms with E-state index in [2.05, 4.69) is 6.58 Å². The van der Waals surface area contributed by atoms with Gasteiger partial charge in [-0.25, -0.2) is 4.79 Å². The first kappa shape index (κ1) is 38.1. The van der Waals surface area contributed by atoms with Crippen LogP contribution in [0.15, 0.2) is 36.0 Å². The lowest BCUT2D eigenvalue weighted by molar-refractivity contribution is -0.188. The molecule has 2 aliphatic carbocycles. The second kappa shape index (κ2) is 14.1. The first-order chi connectivity index (χ1) is 21.0. The van der Waals surface area contributed by atoms with Crippen molar-refractivity contribution in [3.63, 3.8) is 0 Å². The standard InChI is InChI=1S/C33H44O13/c1-12-16(2)30(40)45-26-25(43-20(6)35)18(4)24(42-19(5)34)23-29(44-21(7)36)32(11,41)15-33(23,46-22(8)37)27(38)17(3)13-14-31(9,10)28(26)39/h12-14,17,23-26,29,41H,4,15H2,1-3,5-11H3/b14-13+,16-12+/t17-,23+,24?,25?,26-,29?,32-,33?/m1/s1. The molecule has 13 nitrogen and oxygen atoms in total. The maximum Gasteiger partial charge on any atom is 0.334 e. The molecule has 2 rings (SSSR count). The van der Waals surface area contributed by atoms with Crippen molar-refractivity contribution in [2.24, 2.45) is 17.3 Å². The molecule has 8 atom stereocenters. The maximum absolute atomic E-state index is 14.4. The Kier molecular flexibility index (Phi) is 11.7. The van der Waals surface area contributed by atoms with Crippen LogP contribution < -0.4 is 0 Å². The van der Waals surface area contributed by atoms with Gasteiger partial charge in [0.2, 0.25) is 6.10 Å². The van der Waals surface area contributed by atoms with E-state index < -0.39 is 101 Å². The van der Waals surface area contributed by atoms with Gasteiger partial charge in [-0.3, -0.25) is 28.8 Å². The van der Waals surface area contributed by atoms with Crippen LogP contribution in [0.5, 0.6) is 0 Å². The summed E-state index contributed by atoms with van der Waals surface area (Å²) < 4.78 is 28.2. The molecule has 0 bridgehead atoms. The second-order valence-electron chi connectivity index (χ2n) is 12.6. The zero-order valence-electron chi connectivity index (χ0n) is 28.0. The average Bonchev–Trinajstić information content (AvgIpc) is 3.14. The number of carbonyl (C=O) groups excluding carboxylic acids is 7. The summed E-state index contributed by atoms with van der Waals surface area (Å²) in [6.07, 6.45) is -3.62. The zero-order chi connectivity index (χ0) is 35.5. The number of rotatable bonds is 6. The minimum Gasteiger partial charge on any atom is -0.459 e. The largest absolute Gasteiger partial charge is 0.459 e. The molecule has 0 aromatic heterocycles. The molecule has 1 saturated carbocycles. The Morgan fingerprint density at radius 3 is 1.83 bits per heavy atom. The number of aliphatic hydroxyl groups is 1. The first-order valence-corrected chi connectivity index (χ1v) is 14.8. The van der Waals surface area contributed by atoms with Crippen molar-refractivity contribution in [3.8, 4) is 0 Å². The van der Waals surface area contributed by atoms with Crippen LogP contribution in [0.25, 0.3) is 0 Å². The Labute approximate surface area is 268 Å². The molecule has 0 aromatic carbocycles. The molecule has 254 valence electrons. The van der Waals surface area contributed by atoms with E-state index in [1.165, 1.54) is 52.8 Å². The quantitative estimate of drug-likeness (QED) is 0.192. The van der Waals surface area contributed by atoms with Crippen molar-refractivity contribution in [2.75, 3.05) is 0 Å². The highest BCUT2D eigenvalue weighted by Gasteiger charge is 2.70. The molecule has 2 aliphatic rings. The highest BCUT2D eigenvalue weighted by molar-refractivity contribution is 5.97. The third-order valence-electron chi connectivity index (χ3n) is 8.15. The number of fused-ring (bicyclic) bond motifs is 1. The average molecular weight is 649 g/mol. The topological polar surface area (TPSA) is 186 Å². The van der Waals surface area contributed by atoms with Crippen molar-refractivity contribution in [1.82, 2.24) is 0 Å². The van der Waals surface area contributed by atoms with E-state index in [1.807, 2.05) is 0 Å². The van der Waals surface area contributed by atoms with E-state index in [-0.39, 0.29) is 11.1 Å². The molecule has 1 N–H and O–H groups in total. The van der Waals surface area contributed by atoms with E-state index in [4.69, 9.17) is 23.7 Å². The van der Waals surface area contributed by atoms with Crippen LogP contribution in [0.1, 0.15) is 75.7 Å². The molecule has 0 saturated heterocycles. The van der Waals surface area contributed by atoms with Crippen molar-refractivity contribution in [1.29, 1.82) is 0 Å². The first-order valence-electron chi connectivity index (χ1n) is 14.8. The van der Waals surface area contributed by atoms with Crippen molar-refractivity contribution >= 4 is 41.4 Å². The molecule has 0 heterocycles. The van der Waals surface area contributed by atoms with E-state index in [1.54, 1.807) is 6.92 Å². The molecule has 0 aliphatic heterocycles. The molecular weight excluding hydrogens is 604 g/mol. The van der Waals surface area contributed by atoms with E-state index in [9.17, 15) is 38.7 Å². The zero-order valence-corrected chi connectivity index (χ0v) is 28.0. The Bertz CT molecular complexity index is 1370. The number of hydrogen-bond acceptors (Lipinski definition) is 13. The van der Waals surface area contributed by atoms with Gasteiger partial charge in [-0.2, -0.15) is 0 Å². The molecule has 0 spiro atoms. The predicted octanol–water partition coefficient (Wildman–Crippen LogP) is 2.66. The maximum atomic E-state index is 14.4. The summed E-state index contributed by atoms with van der Waals surface area (Å²) in [5, 5.41) is 11.7. The second-order valence-corrected chi connectivity index (χ2v) is 12.6. The van der Waals surface area contributed by atoms with Crippen molar-refractivity contribution in [3.05, 3.63) is 36.0 Å². The van der Waals surface area contributed by atoms with Crippen LogP contribution in [0.2, 0.25) is 0 Å². The summed E-state index contributed by atoms with van der Waals surface area (Å²) in [5.41, 5.74) is -6.11. The molecule has 0 amide bonds. The van der Waals surface area contributed by atoms with Crippen LogP contribution in [0.4, 0.5) is 0 Å². The number of ketones is 2. The van der Waals surface area contributed by atoms with Gasteiger partial charge in [-0.1, -0.05) is 31.7 Å². The van der Waals surface area contributed by atoms with Crippen molar-refractivity contribution < 1.29 is 62.4 Å². The third kappa shape index (κ3) is 7.98. The number of allylic oxidation sites excluding steroid dienone is 3. The Morgan fingerprint density at radius 2 is 1.35 bits per heavy atom. The van der Waals surface area contributed by atoms with Gasteiger partial charge in [-0.05, 0) is 34.6 Å². The summed E-state index contributed by atoms with van der Waals surface area (Å²) in [6, 6.07) is 0. The van der Waals surface area contributed by atoms with Gasteiger partial charge in [0, 0.05) is 56.6 Å². The molecule has 46 heavy (non-hydrogen) atoms. The van der Waals surface area contributed by atoms with E-state index in [0.717, 1.165) is 27.7 Å². The van der Waals surface area contributed by atoms with Gasteiger partial charge in [0.15, 0.2) is 23.3 Å². The summed E-state index contributed by atoms with van der Waals surface area (Å²) in [7, 11) is 0. The number of esters is 5. The fourth-order valence-electron chi connectivity index (χ4n) is 5.94. The lowest BCUT2D eigenvalue weighted by Gasteiger charge is -2.42. The number of ether oxygens (including phenoxy) is 5. The number of hydrogen-bond donors (Lipinski definition) is 1. The highest BCUT2D eigenvalue weighted by atomic mass is 16.6. The molecule has 0 radical (unpaired) electrons. The fourth-order valence-corrected chi connectivity index (χ4v) is 5.94. The Hall–Kier alpha value is -4.13. The van der Waals surface area contributed by atoms with Gasteiger partial charge >= 0.3 is 29.8 Å². The van der Waals surface area contributed by atoms with Crippen LogP contribution in [-0.2, 0) is 57.2 Å². The number of carbonyl (C=O) groups is 7. The molecule has 13 heteroatoms. The fraction of sp³-hybridized carbons (Fsp3) is 0.606. The smallest absolute Gasteiger partial charge is 0.334 e. The van der Waals surface area contributed by atoms with Gasteiger partial charge in [0.1, 0.15) is 17.8 Å². The monoisotopic (exact) mass is 648 g/mol. The van der Waals surface area contributed by atoms with Gasteiger partial charge in [0.05, 0.1) is 5.92 Å². The van der Waals surface area contributed by atoms with Gasteiger partial charge in [-0.15, -0.1) is 0 Å². The molecule has 0 aromatic rings. The summed E-state index contributed by atoms with van der Waals surface area (Å²) >= 11 is 0. The Morgan fingerprint density at radius 1 is 0.826 bits per heavy atom. The molecule has 4 unspecified atom stereocenters.